The van der Waals surface area contributed by atoms with Crippen molar-refractivity contribution in [1.29, 1.82) is 5.26 Å². The molecule has 4 nitrogen and oxygen atoms in total. The summed E-state index contributed by atoms with van der Waals surface area (Å²) in [5.74, 6) is 0. The highest BCUT2D eigenvalue weighted by molar-refractivity contribution is 7.54. The van der Waals surface area contributed by atoms with E-state index in [0.717, 1.165) is 0 Å². The molecule has 0 saturated carbocycles. The topological polar surface area (TPSA) is 59.3 Å². The minimum absolute atomic E-state index is 0.0628. The summed E-state index contributed by atoms with van der Waals surface area (Å²) in [6, 6.07) is 1.77. The van der Waals surface area contributed by atoms with Gasteiger partial charge in [0.15, 0.2) is 0 Å². The molecule has 0 aromatic carbocycles. The summed E-state index contributed by atoms with van der Waals surface area (Å²) in [5, 5.41) is 7.59. The van der Waals surface area contributed by atoms with Crippen LogP contribution in [-0.4, -0.2) is 24.8 Å². The molecule has 0 aliphatic rings. The van der Waals surface area contributed by atoms with E-state index < -0.39 is 13.0 Å². The zero-order valence-corrected chi connectivity index (χ0v) is 9.35. The second-order valence-electron chi connectivity index (χ2n) is 2.23. The van der Waals surface area contributed by atoms with Crippen molar-refractivity contribution >= 4 is 19.2 Å². The molecule has 0 heterocycles. The lowest BCUT2D eigenvalue weighted by Gasteiger charge is -2.16. The third-order valence-electron chi connectivity index (χ3n) is 1.18. The molecule has 0 rings (SSSR count). The number of halogens is 1. The number of nitriles is 1. The number of hydrogen-bond acceptors (Lipinski definition) is 4. The highest BCUT2D eigenvalue weighted by atomic mass is 35.5. The summed E-state index contributed by atoms with van der Waals surface area (Å²) >= 11 is 5.53. The van der Waals surface area contributed by atoms with E-state index in [2.05, 4.69) is 0 Å². The molecule has 0 bridgehead atoms. The Kier molecular flexibility index (Phi) is 6.36. The molecule has 76 valence electrons. The van der Waals surface area contributed by atoms with Crippen LogP contribution in [-0.2, 0) is 13.6 Å². The Hall–Kier alpha value is -0.0700. The average Bonchev–Trinajstić information content (AvgIpc) is 2.04. The smallest absolute Gasteiger partial charge is 0.309 e. The van der Waals surface area contributed by atoms with Gasteiger partial charge >= 0.3 is 7.60 Å². The zero-order chi connectivity index (χ0) is 10.3. The maximum absolute atomic E-state index is 11.7. The third kappa shape index (κ3) is 5.28. The molecule has 0 radical (unpaired) electrons. The van der Waals surface area contributed by atoms with Crippen LogP contribution in [0.1, 0.15) is 13.8 Å². The molecular formula is C7H13ClNO3P. The summed E-state index contributed by atoms with van der Waals surface area (Å²) in [6.45, 7) is 3.99. The van der Waals surface area contributed by atoms with Gasteiger partial charge in [0.25, 0.3) is 0 Å². The summed E-state index contributed by atoms with van der Waals surface area (Å²) in [6.07, 6.45) is -0.0628. The largest absolute Gasteiger partial charge is 0.333 e. The molecule has 1 unspecified atom stereocenters. The molecule has 6 heteroatoms. The monoisotopic (exact) mass is 225 g/mol. The maximum Gasteiger partial charge on any atom is 0.333 e. The van der Waals surface area contributed by atoms with Crippen molar-refractivity contribution < 1.29 is 13.6 Å². The highest BCUT2D eigenvalue weighted by Gasteiger charge is 2.27. The first-order valence-electron chi connectivity index (χ1n) is 3.99. The Morgan fingerprint density at radius 3 is 2.23 bits per heavy atom. The summed E-state index contributed by atoms with van der Waals surface area (Å²) in [4.78, 5) is 0. The van der Waals surface area contributed by atoms with E-state index in [1.807, 2.05) is 0 Å². The van der Waals surface area contributed by atoms with Gasteiger partial charge in [0.05, 0.1) is 25.4 Å². The van der Waals surface area contributed by atoms with Gasteiger partial charge in [-0.1, -0.05) is 0 Å². The van der Waals surface area contributed by atoms with Crippen molar-refractivity contribution in [3.63, 3.8) is 0 Å². The Labute approximate surface area is 83.3 Å². The van der Waals surface area contributed by atoms with Crippen LogP contribution in [0.25, 0.3) is 0 Å². The van der Waals surface area contributed by atoms with Crippen molar-refractivity contribution in [2.24, 2.45) is 0 Å². The molecule has 0 saturated heterocycles. The predicted molar refractivity (Wildman–Crippen MR) is 51.0 cm³/mol. The minimum atomic E-state index is -3.15. The van der Waals surface area contributed by atoms with Crippen LogP contribution in [0.4, 0.5) is 0 Å². The Morgan fingerprint density at radius 1 is 1.46 bits per heavy atom. The van der Waals surface area contributed by atoms with E-state index in [-0.39, 0.29) is 19.4 Å². The molecule has 0 aromatic rings. The van der Waals surface area contributed by atoms with Gasteiger partial charge in [-0.05, 0) is 13.8 Å². The fourth-order valence-electron chi connectivity index (χ4n) is 0.773. The third-order valence-corrected chi connectivity index (χ3v) is 3.76. The van der Waals surface area contributed by atoms with Crippen LogP contribution in [0, 0.1) is 11.3 Å². The number of nitrogens with zero attached hydrogens (tertiary/aromatic N) is 1. The lowest BCUT2D eigenvalue weighted by molar-refractivity contribution is 0.221. The fraction of sp³-hybridized carbons (Fsp3) is 0.857. The first kappa shape index (κ1) is 12.9. The first-order chi connectivity index (χ1) is 6.08. The van der Waals surface area contributed by atoms with Crippen LogP contribution in [0.2, 0.25) is 0 Å². The molecule has 0 fully saturated rings. The molecule has 0 spiro atoms. The van der Waals surface area contributed by atoms with Gasteiger partial charge in [-0.2, -0.15) is 5.26 Å². The molecule has 1 atom stereocenters. The molecule has 13 heavy (non-hydrogen) atoms. The quantitative estimate of drug-likeness (QED) is 0.514. The van der Waals surface area contributed by atoms with Crippen LogP contribution < -0.4 is 0 Å². The second-order valence-corrected chi connectivity index (χ2v) is 4.86. The summed E-state index contributed by atoms with van der Waals surface area (Å²) in [5.41, 5.74) is 0. The molecular weight excluding hydrogens is 213 g/mol. The lowest BCUT2D eigenvalue weighted by atomic mass is 10.5. The van der Waals surface area contributed by atoms with Crippen molar-refractivity contribution in [3.8, 4) is 6.07 Å². The molecule has 0 aromatic heterocycles. The van der Waals surface area contributed by atoms with Gasteiger partial charge in [0.1, 0.15) is 5.38 Å². The average molecular weight is 226 g/mol. The van der Waals surface area contributed by atoms with Crippen LogP contribution >= 0.6 is 19.2 Å². The van der Waals surface area contributed by atoms with Crippen LogP contribution in [0.3, 0.4) is 0 Å². The molecule has 0 aliphatic heterocycles. The van der Waals surface area contributed by atoms with Crippen molar-refractivity contribution in [2.75, 3.05) is 19.4 Å². The SMILES string of the molecule is CCOP(=O)(CC(Cl)C#N)OCC. The number of alkyl halides is 1. The lowest BCUT2D eigenvalue weighted by Crippen LogP contribution is -2.08. The predicted octanol–water partition coefficient (Wildman–Crippen LogP) is 2.38. The van der Waals surface area contributed by atoms with E-state index in [9.17, 15) is 4.57 Å². The standard InChI is InChI=1S/C7H13ClNO3P/c1-3-11-13(10,12-4-2)6-7(8)5-9/h7H,3-4,6H2,1-2H3. The second kappa shape index (κ2) is 6.39. The Bertz CT molecular complexity index is 218. The Morgan fingerprint density at radius 2 is 1.92 bits per heavy atom. The van der Waals surface area contributed by atoms with Crippen molar-refractivity contribution in [3.05, 3.63) is 0 Å². The Balaban J connectivity index is 4.25. The van der Waals surface area contributed by atoms with Crippen LogP contribution in [0.15, 0.2) is 0 Å². The van der Waals surface area contributed by atoms with E-state index in [0.29, 0.717) is 0 Å². The summed E-state index contributed by atoms with van der Waals surface area (Å²) < 4.78 is 21.6. The van der Waals surface area contributed by atoms with E-state index in [1.54, 1.807) is 19.9 Å². The van der Waals surface area contributed by atoms with Gasteiger partial charge in [-0.25, -0.2) is 0 Å². The van der Waals surface area contributed by atoms with Crippen LogP contribution in [0.5, 0.6) is 0 Å². The van der Waals surface area contributed by atoms with Gasteiger partial charge < -0.3 is 9.05 Å². The molecule has 0 amide bonds. The van der Waals surface area contributed by atoms with E-state index >= 15 is 0 Å². The van der Waals surface area contributed by atoms with Crippen molar-refractivity contribution in [2.45, 2.75) is 19.2 Å². The van der Waals surface area contributed by atoms with Gasteiger partial charge in [0.2, 0.25) is 0 Å². The zero-order valence-electron chi connectivity index (χ0n) is 7.70. The summed E-state index contributed by atoms with van der Waals surface area (Å²) in [7, 11) is -3.15. The normalized spacial score (nSPS) is 13.7. The highest BCUT2D eigenvalue weighted by Crippen LogP contribution is 2.48. The first-order valence-corrected chi connectivity index (χ1v) is 6.16. The van der Waals surface area contributed by atoms with Gasteiger partial charge in [-0.15, -0.1) is 11.6 Å². The maximum atomic E-state index is 11.7. The van der Waals surface area contributed by atoms with Gasteiger partial charge in [-0.3, -0.25) is 4.57 Å². The van der Waals surface area contributed by atoms with E-state index in [1.165, 1.54) is 0 Å². The van der Waals surface area contributed by atoms with E-state index in [4.69, 9.17) is 25.9 Å². The molecule has 0 aliphatic carbocycles. The molecule has 0 N–H and O–H groups in total. The minimum Gasteiger partial charge on any atom is -0.309 e. The van der Waals surface area contributed by atoms with Crippen molar-refractivity contribution in [1.82, 2.24) is 0 Å². The number of hydrogen-bond donors (Lipinski definition) is 0. The fourth-order valence-corrected chi connectivity index (χ4v) is 2.83. The number of rotatable bonds is 6. The van der Waals surface area contributed by atoms with Gasteiger partial charge in [0, 0.05) is 0 Å².